The van der Waals surface area contributed by atoms with E-state index in [2.05, 4.69) is 25.6 Å². The molecule has 0 aromatic carbocycles. The van der Waals surface area contributed by atoms with Crippen LogP contribution in [0.15, 0.2) is 11.6 Å². The van der Waals surface area contributed by atoms with Crippen molar-refractivity contribution >= 4 is 41.4 Å². The highest BCUT2D eigenvalue weighted by molar-refractivity contribution is 6.31. The van der Waals surface area contributed by atoms with Crippen molar-refractivity contribution in [1.29, 1.82) is 0 Å². The number of allylic oxidation sites excluding steroid dienone is 1. The van der Waals surface area contributed by atoms with Gasteiger partial charge in [-0.1, -0.05) is 37.1 Å². The van der Waals surface area contributed by atoms with Gasteiger partial charge < -0.3 is 9.47 Å². The number of nitrogens with one attached hydrogen (secondary N) is 2. The van der Waals surface area contributed by atoms with Crippen molar-refractivity contribution in [1.82, 2.24) is 15.4 Å². The van der Waals surface area contributed by atoms with E-state index in [9.17, 15) is 9.59 Å². The number of hydrogen-bond donors (Lipinski definition) is 2. The summed E-state index contributed by atoms with van der Waals surface area (Å²) in [7, 11) is 3.00. The van der Waals surface area contributed by atoms with Gasteiger partial charge in [0.05, 0.1) is 24.4 Å². The van der Waals surface area contributed by atoms with Gasteiger partial charge in [0.2, 0.25) is 5.91 Å². The largest absolute Gasteiger partial charge is 0.469 e. The molecule has 1 amide bonds. The van der Waals surface area contributed by atoms with Crippen LogP contribution in [0.4, 0.5) is 5.82 Å². The maximum atomic E-state index is 11.9. The zero-order chi connectivity index (χ0) is 22.5. The summed E-state index contributed by atoms with van der Waals surface area (Å²) in [6.45, 7) is 5.92. The number of carbonyl (C=O) groups is 2. The maximum Gasteiger partial charge on any atom is 0.302 e. The van der Waals surface area contributed by atoms with Gasteiger partial charge in [0.1, 0.15) is 0 Å². The first-order valence-electron chi connectivity index (χ1n) is 9.82. The summed E-state index contributed by atoms with van der Waals surface area (Å²) in [6, 6.07) is 0. The molecule has 0 spiro atoms. The molecule has 1 aromatic heterocycles. The summed E-state index contributed by atoms with van der Waals surface area (Å²) in [5, 5.41) is 1.61. The summed E-state index contributed by atoms with van der Waals surface area (Å²) >= 11 is 6.22. The van der Waals surface area contributed by atoms with Gasteiger partial charge in [0.15, 0.2) is 11.0 Å². The molecule has 0 bridgehead atoms. The van der Waals surface area contributed by atoms with Gasteiger partial charge in [-0.25, -0.2) is 9.97 Å². The highest BCUT2D eigenvalue weighted by Gasteiger charge is 2.25. The Hall–Kier alpha value is -2.45. The van der Waals surface area contributed by atoms with E-state index < -0.39 is 0 Å². The number of ether oxygens (including phenoxy) is 2. The van der Waals surface area contributed by atoms with Crippen LogP contribution in [-0.2, 0) is 19.1 Å². The Morgan fingerprint density at radius 2 is 1.87 bits per heavy atom. The third kappa shape index (κ3) is 8.92. The van der Waals surface area contributed by atoms with Crippen LogP contribution in [-0.4, -0.2) is 42.7 Å². The van der Waals surface area contributed by atoms with Crippen molar-refractivity contribution in [2.75, 3.05) is 26.3 Å². The van der Waals surface area contributed by atoms with E-state index in [-0.39, 0.29) is 22.9 Å². The number of methoxy groups -OCH3 is 2. The van der Waals surface area contributed by atoms with Gasteiger partial charge in [-0.3, -0.25) is 20.4 Å². The molecule has 1 aliphatic carbocycles. The summed E-state index contributed by atoms with van der Waals surface area (Å²) in [5.41, 5.74) is 6.54. The molecular formula is C21H31ClN4O4. The first kappa shape index (κ1) is 25.6. The Morgan fingerprint density at radius 1 is 1.20 bits per heavy atom. The maximum absolute atomic E-state index is 11.9. The average Bonchev–Trinajstić information content (AvgIpc) is 2.66. The lowest BCUT2D eigenvalue weighted by molar-refractivity contribution is -0.138. The second-order valence-electron chi connectivity index (χ2n) is 6.80. The van der Waals surface area contributed by atoms with Crippen molar-refractivity contribution in [3.05, 3.63) is 27.5 Å². The molecule has 30 heavy (non-hydrogen) atoms. The van der Waals surface area contributed by atoms with E-state index in [0.29, 0.717) is 23.1 Å². The quantitative estimate of drug-likeness (QED) is 0.496. The number of rotatable bonds is 7. The second kappa shape index (κ2) is 13.7. The number of aromatic nitrogens is 2. The number of carbonyl (C=O) groups excluding carboxylic acids is 2. The van der Waals surface area contributed by atoms with E-state index in [1.165, 1.54) is 14.0 Å². The van der Waals surface area contributed by atoms with E-state index in [0.717, 1.165) is 31.3 Å². The second-order valence-corrected chi connectivity index (χ2v) is 7.15. The third-order valence-corrected chi connectivity index (χ3v) is 4.53. The smallest absolute Gasteiger partial charge is 0.302 e. The predicted molar refractivity (Wildman–Crippen MR) is 118 cm³/mol. The van der Waals surface area contributed by atoms with Crippen molar-refractivity contribution in [2.24, 2.45) is 5.92 Å². The lowest BCUT2D eigenvalue weighted by atomic mass is 9.85. The fourth-order valence-corrected chi connectivity index (χ4v) is 2.56. The number of esters is 1. The molecule has 2 N–H and O–H groups in total. The SMILES string of the molecule is CC/C=c1/nc(NNC(=O)C2CCC2)c(Cl)n/c1=C/C=C(\C)COC.COC(C)=O. The molecule has 1 saturated carbocycles. The third-order valence-electron chi connectivity index (χ3n) is 4.27. The Morgan fingerprint density at radius 3 is 2.37 bits per heavy atom. The molecule has 1 aliphatic rings. The van der Waals surface area contributed by atoms with Crippen molar-refractivity contribution in [3.8, 4) is 0 Å². The molecule has 1 fully saturated rings. The van der Waals surface area contributed by atoms with Gasteiger partial charge in [0.25, 0.3) is 0 Å². The number of anilines is 1. The van der Waals surface area contributed by atoms with E-state index in [1.807, 2.05) is 32.1 Å². The number of halogens is 1. The van der Waals surface area contributed by atoms with Gasteiger partial charge in [-0.05, 0) is 37.8 Å². The molecule has 0 saturated heterocycles. The summed E-state index contributed by atoms with van der Waals surface area (Å²) in [5.74, 6) is 0.162. The summed E-state index contributed by atoms with van der Waals surface area (Å²) in [6.07, 6.45) is 9.55. The van der Waals surface area contributed by atoms with Gasteiger partial charge >= 0.3 is 5.97 Å². The normalized spacial score (nSPS) is 15.1. The Kier molecular flexibility index (Phi) is 11.7. The predicted octanol–water partition coefficient (Wildman–Crippen LogP) is 2.12. The molecule has 9 heteroatoms. The molecule has 2 rings (SSSR count). The monoisotopic (exact) mass is 438 g/mol. The molecule has 0 aliphatic heterocycles. The van der Waals surface area contributed by atoms with Crippen LogP contribution in [0.2, 0.25) is 5.15 Å². The fraction of sp³-hybridized carbons (Fsp3) is 0.524. The first-order valence-corrected chi connectivity index (χ1v) is 10.2. The van der Waals surface area contributed by atoms with E-state index in [4.69, 9.17) is 16.3 Å². The Balaban J connectivity index is 0.000000804. The van der Waals surface area contributed by atoms with Gasteiger partial charge in [0, 0.05) is 20.0 Å². The topological polar surface area (TPSA) is 102 Å². The van der Waals surface area contributed by atoms with Crippen LogP contribution >= 0.6 is 11.6 Å². The molecule has 0 radical (unpaired) electrons. The Labute approximate surface area is 182 Å². The lowest BCUT2D eigenvalue weighted by Gasteiger charge is -2.24. The van der Waals surface area contributed by atoms with Gasteiger partial charge in [-0.2, -0.15) is 0 Å². The molecule has 0 unspecified atom stereocenters. The Bertz CT molecular complexity index is 866. The molecule has 8 nitrogen and oxygen atoms in total. The number of hydrazine groups is 1. The minimum Gasteiger partial charge on any atom is -0.469 e. The first-order chi connectivity index (χ1) is 14.3. The van der Waals surface area contributed by atoms with E-state index in [1.54, 1.807) is 7.11 Å². The van der Waals surface area contributed by atoms with Crippen molar-refractivity contribution in [3.63, 3.8) is 0 Å². The fourth-order valence-electron chi connectivity index (χ4n) is 2.38. The standard InChI is InChI=1S/C18H25ClN4O2.C3H6O2/c1-4-6-14-15(10-9-12(2)11-25-3)20-16(19)17(21-14)22-23-18(24)13-7-5-8-13;1-3(4)5-2/h6,9-10,13H,4-5,7-8,11H2,1-3H3,(H,21,22)(H,23,24);1-2H3/b12-9+,14-6+,15-10+;. The van der Waals surface area contributed by atoms with E-state index >= 15 is 0 Å². The van der Waals surface area contributed by atoms with Crippen LogP contribution in [0.5, 0.6) is 0 Å². The zero-order valence-corrected chi connectivity index (χ0v) is 19.0. The molecule has 166 valence electrons. The molecular weight excluding hydrogens is 408 g/mol. The average molecular weight is 439 g/mol. The number of amides is 1. The van der Waals surface area contributed by atoms with Crippen LogP contribution in [0.3, 0.4) is 0 Å². The molecule has 1 aromatic rings. The zero-order valence-electron chi connectivity index (χ0n) is 18.3. The van der Waals surface area contributed by atoms with Crippen LogP contribution in [0.25, 0.3) is 12.2 Å². The minimum absolute atomic E-state index is 0.0288. The van der Waals surface area contributed by atoms with Gasteiger partial charge in [-0.15, -0.1) is 0 Å². The minimum atomic E-state index is -0.245. The van der Waals surface area contributed by atoms with Crippen LogP contribution < -0.4 is 21.5 Å². The number of hydrogen-bond acceptors (Lipinski definition) is 7. The van der Waals surface area contributed by atoms with Crippen LogP contribution in [0.1, 0.15) is 46.5 Å². The number of nitrogens with zero attached hydrogens (tertiary/aromatic N) is 2. The van der Waals surface area contributed by atoms with Crippen molar-refractivity contribution in [2.45, 2.75) is 46.5 Å². The highest BCUT2D eigenvalue weighted by atomic mass is 35.5. The highest BCUT2D eigenvalue weighted by Crippen LogP contribution is 2.26. The molecule has 0 atom stereocenters. The molecule has 1 heterocycles. The summed E-state index contributed by atoms with van der Waals surface area (Å²) in [4.78, 5) is 30.4. The van der Waals surface area contributed by atoms with Crippen molar-refractivity contribution < 1.29 is 19.1 Å². The van der Waals surface area contributed by atoms with Crippen LogP contribution in [0, 0.1) is 5.92 Å². The lowest BCUT2D eigenvalue weighted by Crippen LogP contribution is -2.40. The summed E-state index contributed by atoms with van der Waals surface area (Å²) < 4.78 is 9.20.